The number of sulfonamides is 1. The smallest absolute Gasteiger partial charge is 0.240 e. The first kappa shape index (κ1) is 18.4. The summed E-state index contributed by atoms with van der Waals surface area (Å²) in [5, 5.41) is 0. The summed E-state index contributed by atoms with van der Waals surface area (Å²) in [6.07, 6.45) is 1.55. The van der Waals surface area contributed by atoms with Crippen LogP contribution in [0.25, 0.3) is 0 Å². The van der Waals surface area contributed by atoms with Crippen LogP contribution in [-0.2, 0) is 27.7 Å². The van der Waals surface area contributed by atoms with Gasteiger partial charge in [-0.15, -0.1) is 0 Å². The van der Waals surface area contributed by atoms with Gasteiger partial charge in [-0.1, -0.05) is 12.1 Å². The number of hydrogen-bond acceptors (Lipinski definition) is 4. The lowest BCUT2D eigenvalue weighted by molar-refractivity contribution is -0.118. The van der Waals surface area contributed by atoms with Crippen LogP contribution in [0, 0.1) is 0 Å². The highest BCUT2D eigenvalue weighted by Crippen LogP contribution is 2.28. The lowest BCUT2D eigenvalue weighted by Crippen LogP contribution is -2.31. The van der Waals surface area contributed by atoms with Gasteiger partial charge >= 0.3 is 0 Å². The molecule has 0 saturated heterocycles. The van der Waals surface area contributed by atoms with Crippen molar-refractivity contribution in [1.29, 1.82) is 0 Å². The quantitative estimate of drug-likeness (QED) is 0.840. The number of fused-ring (bicyclic) bond motifs is 1. The molecular formula is C19H22N2O4S. The molecule has 0 saturated carbocycles. The van der Waals surface area contributed by atoms with Gasteiger partial charge in [0.25, 0.3) is 0 Å². The summed E-state index contributed by atoms with van der Waals surface area (Å²) in [6.45, 7) is 0.310. The number of nitrogens with one attached hydrogen (secondary N) is 1. The second kappa shape index (κ2) is 7.47. The van der Waals surface area contributed by atoms with Crippen molar-refractivity contribution in [3.8, 4) is 5.75 Å². The van der Waals surface area contributed by atoms with Crippen LogP contribution in [0.2, 0.25) is 0 Å². The fourth-order valence-corrected chi connectivity index (χ4v) is 4.09. The number of ether oxygens (including phenoxy) is 1. The number of anilines is 1. The number of aryl methyl sites for hydroxylation is 1. The molecule has 0 aliphatic carbocycles. The van der Waals surface area contributed by atoms with Crippen molar-refractivity contribution in [1.82, 2.24) is 4.72 Å². The van der Waals surface area contributed by atoms with E-state index in [0.717, 1.165) is 22.6 Å². The van der Waals surface area contributed by atoms with E-state index in [-0.39, 0.29) is 10.8 Å². The van der Waals surface area contributed by atoms with Crippen LogP contribution in [0.15, 0.2) is 47.4 Å². The lowest BCUT2D eigenvalue weighted by atomic mass is 10.0. The van der Waals surface area contributed by atoms with E-state index in [4.69, 9.17) is 4.74 Å². The third-order valence-corrected chi connectivity index (χ3v) is 6.03. The maximum Gasteiger partial charge on any atom is 0.240 e. The van der Waals surface area contributed by atoms with Crippen LogP contribution >= 0.6 is 0 Å². The molecule has 2 aromatic rings. The Morgan fingerprint density at radius 1 is 1.12 bits per heavy atom. The molecule has 26 heavy (non-hydrogen) atoms. The number of nitrogens with zero attached hydrogens (tertiary/aromatic N) is 1. The Balaban J connectivity index is 1.67. The number of hydrogen-bond donors (Lipinski definition) is 1. The lowest BCUT2D eigenvalue weighted by Gasteiger charge is -2.26. The Kier molecular flexibility index (Phi) is 5.29. The van der Waals surface area contributed by atoms with E-state index in [9.17, 15) is 13.2 Å². The van der Waals surface area contributed by atoms with E-state index in [0.29, 0.717) is 25.8 Å². The first-order valence-corrected chi connectivity index (χ1v) is 9.91. The summed E-state index contributed by atoms with van der Waals surface area (Å²) in [6, 6.07) is 12.4. The zero-order valence-corrected chi connectivity index (χ0v) is 15.7. The van der Waals surface area contributed by atoms with E-state index in [2.05, 4.69) is 4.72 Å². The molecule has 3 rings (SSSR count). The minimum absolute atomic E-state index is 0.0470. The minimum atomic E-state index is -3.59. The molecule has 0 atom stereocenters. The summed E-state index contributed by atoms with van der Waals surface area (Å²) >= 11 is 0. The summed E-state index contributed by atoms with van der Waals surface area (Å²) in [5.74, 6) is 0.817. The molecule has 1 aliphatic heterocycles. The third kappa shape index (κ3) is 3.89. The van der Waals surface area contributed by atoms with Crippen LogP contribution in [0.1, 0.15) is 17.5 Å². The van der Waals surface area contributed by atoms with Crippen LogP contribution in [0.4, 0.5) is 5.69 Å². The fourth-order valence-electron chi connectivity index (χ4n) is 3.01. The van der Waals surface area contributed by atoms with Gasteiger partial charge in [0.05, 0.1) is 12.0 Å². The zero-order chi connectivity index (χ0) is 18.7. The van der Waals surface area contributed by atoms with Crippen molar-refractivity contribution >= 4 is 21.6 Å². The highest BCUT2D eigenvalue weighted by molar-refractivity contribution is 7.89. The van der Waals surface area contributed by atoms with Crippen molar-refractivity contribution in [2.45, 2.75) is 24.2 Å². The number of benzene rings is 2. The molecule has 138 valence electrons. The molecule has 0 unspecified atom stereocenters. The molecule has 1 amide bonds. The van der Waals surface area contributed by atoms with E-state index in [1.54, 1.807) is 37.3 Å². The average Bonchev–Trinajstić information content (AvgIpc) is 2.65. The largest absolute Gasteiger partial charge is 0.497 e. The second-order valence-electron chi connectivity index (χ2n) is 6.24. The predicted molar refractivity (Wildman–Crippen MR) is 100 cm³/mol. The zero-order valence-electron chi connectivity index (χ0n) is 14.9. The van der Waals surface area contributed by atoms with Crippen molar-refractivity contribution in [3.63, 3.8) is 0 Å². The molecule has 0 spiro atoms. The summed E-state index contributed by atoms with van der Waals surface area (Å²) in [7, 11) is -0.269. The molecule has 1 heterocycles. The van der Waals surface area contributed by atoms with E-state index in [1.165, 1.54) is 0 Å². The standard InChI is InChI=1S/C19H22N2O4S/c1-21-18-9-8-17(13-15(18)5-10-19(21)22)26(23,24)20-12-11-14-3-6-16(25-2)7-4-14/h3-4,6-9,13,20H,5,10-12H2,1-2H3. The average molecular weight is 374 g/mol. The molecule has 0 radical (unpaired) electrons. The van der Waals surface area contributed by atoms with Crippen molar-refractivity contribution in [3.05, 3.63) is 53.6 Å². The second-order valence-corrected chi connectivity index (χ2v) is 8.01. The SMILES string of the molecule is COc1ccc(CCNS(=O)(=O)c2ccc3c(c2)CCC(=O)N3C)cc1. The molecule has 0 fully saturated rings. The van der Waals surface area contributed by atoms with Gasteiger partial charge in [-0.05, 0) is 54.3 Å². The first-order valence-electron chi connectivity index (χ1n) is 8.43. The van der Waals surface area contributed by atoms with E-state index >= 15 is 0 Å². The number of methoxy groups -OCH3 is 1. The Hall–Kier alpha value is -2.38. The molecule has 7 heteroatoms. The van der Waals surface area contributed by atoms with Gasteiger partial charge in [-0.2, -0.15) is 0 Å². The number of carbonyl (C=O) groups is 1. The summed E-state index contributed by atoms with van der Waals surface area (Å²) < 4.78 is 32.8. The number of amides is 1. The summed E-state index contributed by atoms with van der Waals surface area (Å²) in [5.41, 5.74) is 2.68. The van der Waals surface area contributed by atoms with Gasteiger partial charge in [0.15, 0.2) is 0 Å². The molecule has 2 aromatic carbocycles. The van der Waals surface area contributed by atoms with Crippen molar-refractivity contribution in [2.75, 3.05) is 25.6 Å². The normalized spacial score (nSPS) is 14.2. The molecular weight excluding hydrogens is 352 g/mol. The van der Waals surface area contributed by atoms with E-state index in [1.807, 2.05) is 24.3 Å². The van der Waals surface area contributed by atoms with Gasteiger partial charge in [0.2, 0.25) is 15.9 Å². The van der Waals surface area contributed by atoms with Gasteiger partial charge in [-0.25, -0.2) is 13.1 Å². The minimum Gasteiger partial charge on any atom is -0.497 e. The van der Waals surface area contributed by atoms with Crippen molar-refractivity contribution in [2.24, 2.45) is 0 Å². The third-order valence-electron chi connectivity index (χ3n) is 4.57. The molecule has 1 aliphatic rings. The maximum absolute atomic E-state index is 12.5. The Bertz CT molecular complexity index is 908. The molecule has 0 bridgehead atoms. The molecule has 1 N–H and O–H groups in total. The Morgan fingerprint density at radius 2 is 1.85 bits per heavy atom. The van der Waals surface area contributed by atoms with E-state index < -0.39 is 10.0 Å². The van der Waals surface area contributed by atoms with Gasteiger partial charge in [0, 0.05) is 25.7 Å². The fraction of sp³-hybridized carbons (Fsp3) is 0.316. The van der Waals surface area contributed by atoms with Crippen LogP contribution < -0.4 is 14.4 Å². The van der Waals surface area contributed by atoms with Gasteiger partial charge in [0.1, 0.15) is 5.75 Å². The maximum atomic E-state index is 12.5. The highest BCUT2D eigenvalue weighted by atomic mass is 32.2. The van der Waals surface area contributed by atoms with Gasteiger partial charge in [-0.3, -0.25) is 4.79 Å². The first-order chi connectivity index (χ1) is 12.4. The van der Waals surface area contributed by atoms with Crippen molar-refractivity contribution < 1.29 is 17.9 Å². The molecule has 0 aromatic heterocycles. The number of carbonyl (C=O) groups excluding carboxylic acids is 1. The Labute approximate surface area is 153 Å². The predicted octanol–water partition coefficient (Wildman–Crippen LogP) is 2.13. The van der Waals surface area contributed by atoms with Crippen LogP contribution in [0.3, 0.4) is 0 Å². The van der Waals surface area contributed by atoms with Gasteiger partial charge < -0.3 is 9.64 Å². The monoisotopic (exact) mass is 374 g/mol. The highest BCUT2D eigenvalue weighted by Gasteiger charge is 2.23. The van der Waals surface area contributed by atoms with Crippen LogP contribution in [-0.4, -0.2) is 35.0 Å². The Morgan fingerprint density at radius 3 is 2.54 bits per heavy atom. The summed E-state index contributed by atoms with van der Waals surface area (Å²) in [4.78, 5) is 13.5. The topological polar surface area (TPSA) is 75.7 Å². The molecule has 6 nitrogen and oxygen atoms in total. The number of rotatable bonds is 6. The van der Waals surface area contributed by atoms with Crippen LogP contribution in [0.5, 0.6) is 5.75 Å².